The predicted octanol–water partition coefficient (Wildman–Crippen LogP) is 2.68. The minimum absolute atomic E-state index is 0.324. The monoisotopic (exact) mass is 204 g/mol. The number of carbonyl (C=O) groups is 1. The number of hydrogen-bond donors (Lipinski definition) is 2. The lowest BCUT2D eigenvalue weighted by molar-refractivity contribution is -0.137. The molecule has 0 aromatic carbocycles. The average Bonchev–Trinajstić information content (AvgIpc) is 2.05. The molecule has 0 aliphatic heterocycles. The van der Waals surface area contributed by atoms with Crippen molar-refractivity contribution < 1.29 is 15.0 Å². The highest BCUT2D eigenvalue weighted by atomic mass is 16.4. The van der Waals surface area contributed by atoms with Crippen LogP contribution in [0.15, 0.2) is 0 Å². The first-order chi connectivity index (χ1) is 6.42. The maximum Gasteiger partial charge on any atom is 0.303 e. The quantitative estimate of drug-likeness (QED) is 0.677. The molecule has 0 amide bonds. The summed E-state index contributed by atoms with van der Waals surface area (Å²) in [4.78, 5) is 10.2. The molecule has 2 N–H and O–H groups in total. The molecule has 0 saturated heterocycles. The summed E-state index contributed by atoms with van der Waals surface area (Å²) in [6, 6.07) is 0. The van der Waals surface area contributed by atoms with E-state index in [4.69, 9.17) is 10.2 Å². The van der Waals surface area contributed by atoms with Gasteiger partial charge in [-0.25, -0.2) is 0 Å². The van der Waals surface area contributed by atoms with Crippen LogP contribution >= 0.6 is 0 Å². The summed E-state index contributed by atoms with van der Waals surface area (Å²) in [6.45, 7) is 6.64. The Morgan fingerprint density at radius 1 is 1.07 bits per heavy atom. The smallest absolute Gasteiger partial charge is 0.303 e. The summed E-state index contributed by atoms with van der Waals surface area (Å²) >= 11 is 0. The topological polar surface area (TPSA) is 57.5 Å². The number of carboxylic acids is 1. The first-order valence-electron chi connectivity index (χ1n) is 5.08. The molecule has 0 rings (SSSR count). The van der Waals surface area contributed by atoms with Gasteiger partial charge in [-0.2, -0.15) is 0 Å². The third-order valence-electron chi connectivity index (χ3n) is 1.82. The summed E-state index contributed by atoms with van der Waals surface area (Å²) in [5.41, 5.74) is 0.392. The molecule has 0 spiro atoms. The van der Waals surface area contributed by atoms with E-state index in [-0.39, 0.29) is 0 Å². The molecule has 0 unspecified atom stereocenters. The average molecular weight is 204 g/mol. The van der Waals surface area contributed by atoms with E-state index < -0.39 is 5.97 Å². The van der Waals surface area contributed by atoms with E-state index in [2.05, 4.69) is 20.8 Å². The minimum Gasteiger partial charge on any atom is -0.481 e. The SMILES string of the molecule is CC(C)(C)CCCCCC(=O)O.CO. The summed E-state index contributed by atoms with van der Waals surface area (Å²) in [6.07, 6.45) is 4.53. The summed E-state index contributed by atoms with van der Waals surface area (Å²) in [5, 5.41) is 15.4. The van der Waals surface area contributed by atoms with Crippen molar-refractivity contribution in [1.82, 2.24) is 0 Å². The third kappa shape index (κ3) is 17.5. The van der Waals surface area contributed by atoms with Crippen molar-refractivity contribution in [2.75, 3.05) is 7.11 Å². The van der Waals surface area contributed by atoms with Crippen LogP contribution in [-0.4, -0.2) is 23.3 Å². The van der Waals surface area contributed by atoms with Crippen molar-refractivity contribution in [1.29, 1.82) is 0 Å². The lowest BCUT2D eigenvalue weighted by Crippen LogP contribution is -2.04. The molecule has 0 bridgehead atoms. The number of unbranched alkanes of at least 4 members (excludes halogenated alkanes) is 2. The summed E-state index contributed by atoms with van der Waals surface area (Å²) in [7, 11) is 1.00. The van der Waals surface area contributed by atoms with Crippen LogP contribution in [-0.2, 0) is 4.79 Å². The van der Waals surface area contributed by atoms with E-state index in [1.54, 1.807) is 0 Å². The van der Waals surface area contributed by atoms with Crippen LogP contribution in [0.25, 0.3) is 0 Å². The number of rotatable bonds is 5. The van der Waals surface area contributed by atoms with Gasteiger partial charge in [-0.05, 0) is 18.3 Å². The minimum atomic E-state index is -0.675. The van der Waals surface area contributed by atoms with Crippen molar-refractivity contribution in [3.8, 4) is 0 Å². The molecule has 0 aliphatic rings. The van der Waals surface area contributed by atoms with Crippen molar-refractivity contribution in [2.24, 2.45) is 5.41 Å². The van der Waals surface area contributed by atoms with Crippen LogP contribution in [0, 0.1) is 5.41 Å². The van der Waals surface area contributed by atoms with Crippen LogP contribution in [0.1, 0.15) is 52.9 Å². The van der Waals surface area contributed by atoms with Gasteiger partial charge in [0, 0.05) is 13.5 Å². The number of aliphatic carboxylic acids is 1. The fourth-order valence-electron chi connectivity index (χ4n) is 1.11. The van der Waals surface area contributed by atoms with Crippen LogP contribution in [0.4, 0.5) is 0 Å². The molecule has 0 fully saturated rings. The number of aliphatic hydroxyl groups excluding tert-OH is 1. The van der Waals surface area contributed by atoms with E-state index in [1.165, 1.54) is 6.42 Å². The third-order valence-corrected chi connectivity index (χ3v) is 1.82. The second kappa shape index (κ2) is 9.00. The van der Waals surface area contributed by atoms with Crippen LogP contribution in [0.3, 0.4) is 0 Å². The molecule has 0 aliphatic carbocycles. The Labute approximate surface area is 87.1 Å². The van der Waals surface area contributed by atoms with Gasteiger partial charge >= 0.3 is 5.97 Å². The van der Waals surface area contributed by atoms with Gasteiger partial charge in [-0.15, -0.1) is 0 Å². The Balaban J connectivity index is 0. The molecule has 0 aromatic heterocycles. The van der Waals surface area contributed by atoms with Gasteiger partial charge in [-0.1, -0.05) is 33.6 Å². The zero-order valence-corrected chi connectivity index (χ0v) is 9.84. The highest BCUT2D eigenvalue weighted by Crippen LogP contribution is 2.22. The van der Waals surface area contributed by atoms with E-state index in [9.17, 15) is 4.79 Å². The number of aliphatic hydroxyl groups is 1. The zero-order valence-electron chi connectivity index (χ0n) is 9.84. The molecule has 14 heavy (non-hydrogen) atoms. The van der Waals surface area contributed by atoms with Crippen LogP contribution < -0.4 is 0 Å². The van der Waals surface area contributed by atoms with Crippen molar-refractivity contribution in [3.63, 3.8) is 0 Å². The maximum atomic E-state index is 10.2. The van der Waals surface area contributed by atoms with E-state index in [0.717, 1.165) is 26.4 Å². The molecular formula is C11H24O3. The summed E-state index contributed by atoms with van der Waals surface area (Å²) in [5.74, 6) is -0.675. The Kier molecular flexibility index (Phi) is 10.2. The van der Waals surface area contributed by atoms with E-state index in [0.29, 0.717) is 11.8 Å². The van der Waals surface area contributed by atoms with Gasteiger partial charge in [0.25, 0.3) is 0 Å². The molecule has 0 atom stereocenters. The Bertz CT molecular complexity index is 136. The predicted molar refractivity (Wildman–Crippen MR) is 58.3 cm³/mol. The molecule has 0 saturated carbocycles. The highest BCUT2D eigenvalue weighted by molar-refractivity contribution is 5.66. The summed E-state index contributed by atoms with van der Waals surface area (Å²) < 4.78 is 0. The number of carboxylic acid groups (broad SMARTS) is 1. The Morgan fingerprint density at radius 2 is 1.57 bits per heavy atom. The molecule has 86 valence electrons. The van der Waals surface area contributed by atoms with Gasteiger partial charge in [-0.3, -0.25) is 4.79 Å². The van der Waals surface area contributed by atoms with Crippen molar-refractivity contribution >= 4 is 5.97 Å². The van der Waals surface area contributed by atoms with Crippen LogP contribution in [0.5, 0.6) is 0 Å². The molecular weight excluding hydrogens is 180 g/mol. The normalized spacial score (nSPS) is 10.4. The zero-order chi connectivity index (χ0) is 11.6. The Hall–Kier alpha value is -0.570. The Morgan fingerprint density at radius 3 is 1.93 bits per heavy atom. The standard InChI is InChI=1S/C10H20O2.CH4O/c1-10(2,3)8-6-4-5-7-9(11)12;1-2/h4-8H2,1-3H3,(H,11,12);2H,1H3. The molecule has 3 nitrogen and oxygen atoms in total. The maximum absolute atomic E-state index is 10.2. The van der Waals surface area contributed by atoms with Gasteiger partial charge in [0.15, 0.2) is 0 Å². The fraction of sp³-hybridized carbons (Fsp3) is 0.909. The second-order valence-electron chi connectivity index (χ2n) is 4.52. The van der Waals surface area contributed by atoms with E-state index in [1.807, 2.05) is 0 Å². The molecule has 0 radical (unpaired) electrons. The molecule has 3 heteroatoms. The first-order valence-corrected chi connectivity index (χ1v) is 5.08. The van der Waals surface area contributed by atoms with Gasteiger partial charge in [0.2, 0.25) is 0 Å². The molecule has 0 aromatic rings. The van der Waals surface area contributed by atoms with Crippen LogP contribution in [0.2, 0.25) is 0 Å². The van der Waals surface area contributed by atoms with E-state index >= 15 is 0 Å². The number of hydrogen-bond acceptors (Lipinski definition) is 2. The van der Waals surface area contributed by atoms with Gasteiger partial charge < -0.3 is 10.2 Å². The highest BCUT2D eigenvalue weighted by Gasteiger charge is 2.08. The fourth-order valence-corrected chi connectivity index (χ4v) is 1.11. The lowest BCUT2D eigenvalue weighted by Gasteiger charge is -2.17. The lowest BCUT2D eigenvalue weighted by atomic mass is 9.89. The van der Waals surface area contributed by atoms with Crippen molar-refractivity contribution in [3.05, 3.63) is 0 Å². The first kappa shape index (κ1) is 15.9. The second-order valence-corrected chi connectivity index (χ2v) is 4.52. The largest absolute Gasteiger partial charge is 0.481 e. The van der Waals surface area contributed by atoms with Gasteiger partial charge in [0.1, 0.15) is 0 Å². The molecule has 0 heterocycles. The van der Waals surface area contributed by atoms with Gasteiger partial charge in [0.05, 0.1) is 0 Å². The van der Waals surface area contributed by atoms with Crippen molar-refractivity contribution in [2.45, 2.75) is 52.9 Å².